The Bertz CT molecular complexity index is 865. The molecule has 0 saturated carbocycles. The van der Waals surface area contributed by atoms with Gasteiger partial charge in [0.1, 0.15) is 4.90 Å². The van der Waals surface area contributed by atoms with Gasteiger partial charge in [-0.15, -0.1) is 0 Å². The van der Waals surface area contributed by atoms with Gasteiger partial charge in [0.05, 0.1) is 5.69 Å². The van der Waals surface area contributed by atoms with E-state index in [1.54, 1.807) is 30.3 Å². The minimum absolute atomic E-state index is 0.153. The molecule has 2 rings (SSSR count). The van der Waals surface area contributed by atoms with Crippen molar-refractivity contribution in [3.63, 3.8) is 0 Å². The second-order valence-electron chi connectivity index (χ2n) is 4.76. The van der Waals surface area contributed by atoms with Gasteiger partial charge in [0.15, 0.2) is 15.3 Å². The first-order valence-electron chi connectivity index (χ1n) is 6.53. The van der Waals surface area contributed by atoms with Crippen LogP contribution in [0.4, 0.5) is 0 Å². The molecule has 0 aliphatic rings. The van der Waals surface area contributed by atoms with E-state index in [9.17, 15) is 13.2 Å². The molecule has 0 fully saturated rings. The quantitative estimate of drug-likeness (QED) is 0.912. The van der Waals surface area contributed by atoms with Gasteiger partial charge in [-0.2, -0.15) is 0 Å². The van der Waals surface area contributed by atoms with Crippen molar-refractivity contribution in [1.29, 1.82) is 5.41 Å². The predicted octanol–water partition coefficient (Wildman–Crippen LogP) is 0.932. The summed E-state index contributed by atoms with van der Waals surface area (Å²) < 4.78 is 26.2. The van der Waals surface area contributed by atoms with Gasteiger partial charge in [0, 0.05) is 19.0 Å². The lowest BCUT2D eigenvalue weighted by molar-refractivity contribution is 0.570. The smallest absolute Gasteiger partial charge is 0.299 e. The molecule has 0 unspecified atom stereocenters. The third kappa shape index (κ3) is 2.97. The third-order valence-corrected chi connectivity index (χ3v) is 4.14. The van der Waals surface area contributed by atoms with Crippen molar-refractivity contribution in [1.82, 2.24) is 9.13 Å². The molecule has 0 saturated heterocycles. The second-order valence-corrected chi connectivity index (χ2v) is 6.75. The van der Waals surface area contributed by atoms with Gasteiger partial charge in [0.2, 0.25) is 0 Å². The molecule has 21 heavy (non-hydrogen) atoms. The fraction of sp³-hybridized carbons (Fsp3) is 0.286. The molecule has 0 aliphatic heterocycles. The fourth-order valence-corrected chi connectivity index (χ4v) is 2.84. The molecule has 1 heterocycles. The first kappa shape index (κ1) is 15.2. The topological polar surface area (TPSA) is 84.9 Å². The number of para-hydroxylation sites is 1. The molecule has 0 atom stereocenters. The fourth-order valence-electron chi connectivity index (χ4n) is 2.08. The highest BCUT2D eigenvalue weighted by Crippen LogP contribution is 2.05. The highest BCUT2D eigenvalue weighted by molar-refractivity contribution is 7.90. The number of nitrogens with one attached hydrogen (secondary N) is 1. The molecule has 1 aromatic carbocycles. The van der Waals surface area contributed by atoms with Crippen LogP contribution >= 0.6 is 0 Å². The van der Waals surface area contributed by atoms with Gasteiger partial charge in [-0.05, 0) is 18.6 Å². The van der Waals surface area contributed by atoms with Crippen LogP contribution in [0.15, 0.2) is 46.2 Å². The van der Waals surface area contributed by atoms with Crippen LogP contribution in [0.2, 0.25) is 0 Å². The molecule has 6 nitrogen and oxygen atoms in total. The van der Waals surface area contributed by atoms with E-state index in [2.05, 4.69) is 0 Å². The normalized spacial score (nSPS) is 11.5. The van der Waals surface area contributed by atoms with E-state index in [4.69, 9.17) is 5.41 Å². The van der Waals surface area contributed by atoms with E-state index in [-0.39, 0.29) is 10.4 Å². The van der Waals surface area contributed by atoms with Gasteiger partial charge >= 0.3 is 5.69 Å². The maximum absolute atomic E-state index is 12.5. The van der Waals surface area contributed by atoms with Gasteiger partial charge in [-0.25, -0.2) is 17.8 Å². The van der Waals surface area contributed by atoms with Crippen LogP contribution in [0, 0.1) is 5.41 Å². The molecular weight excluding hydrogens is 290 g/mol. The molecule has 0 radical (unpaired) electrons. The minimum Gasteiger partial charge on any atom is -0.299 e. The third-order valence-electron chi connectivity index (χ3n) is 3.05. The van der Waals surface area contributed by atoms with E-state index >= 15 is 0 Å². The van der Waals surface area contributed by atoms with Gasteiger partial charge in [-0.3, -0.25) is 9.98 Å². The lowest BCUT2D eigenvalue weighted by atomic mass is 10.3. The van der Waals surface area contributed by atoms with Crippen molar-refractivity contribution < 1.29 is 8.42 Å². The van der Waals surface area contributed by atoms with Crippen LogP contribution in [-0.2, 0) is 16.4 Å². The maximum Gasteiger partial charge on any atom is 0.334 e. The Morgan fingerprint density at radius 3 is 2.33 bits per heavy atom. The molecule has 0 aliphatic carbocycles. The lowest BCUT2D eigenvalue weighted by Gasteiger charge is -2.13. The molecule has 112 valence electrons. The molecule has 0 spiro atoms. The van der Waals surface area contributed by atoms with Crippen LogP contribution in [0.1, 0.15) is 13.3 Å². The average Bonchev–Trinajstić information content (AvgIpc) is 2.42. The number of aromatic nitrogens is 2. The van der Waals surface area contributed by atoms with Crippen molar-refractivity contribution in [3.8, 4) is 5.69 Å². The lowest BCUT2D eigenvalue weighted by Crippen LogP contribution is -2.41. The van der Waals surface area contributed by atoms with Crippen molar-refractivity contribution in [2.75, 3.05) is 6.26 Å². The van der Waals surface area contributed by atoms with E-state index < -0.39 is 15.5 Å². The Labute approximate surface area is 122 Å². The number of sulfone groups is 1. The maximum atomic E-state index is 12.5. The summed E-state index contributed by atoms with van der Waals surface area (Å²) in [4.78, 5) is 12.3. The van der Waals surface area contributed by atoms with Crippen LogP contribution in [0.25, 0.3) is 5.69 Å². The van der Waals surface area contributed by atoms with Crippen LogP contribution in [0.3, 0.4) is 0 Å². The summed E-state index contributed by atoms with van der Waals surface area (Å²) in [6.07, 6.45) is 2.98. The zero-order chi connectivity index (χ0) is 15.6. The van der Waals surface area contributed by atoms with Crippen molar-refractivity contribution >= 4 is 9.84 Å². The van der Waals surface area contributed by atoms with Gasteiger partial charge in [-0.1, -0.05) is 25.1 Å². The summed E-state index contributed by atoms with van der Waals surface area (Å²) >= 11 is 0. The largest absolute Gasteiger partial charge is 0.334 e. The van der Waals surface area contributed by atoms with E-state index in [0.717, 1.165) is 10.8 Å². The molecule has 0 amide bonds. The Hall–Kier alpha value is -2.15. The zero-order valence-corrected chi connectivity index (χ0v) is 12.7. The minimum atomic E-state index is -3.59. The molecule has 2 aromatic rings. The van der Waals surface area contributed by atoms with Crippen molar-refractivity contribution in [2.24, 2.45) is 0 Å². The highest BCUT2D eigenvalue weighted by Gasteiger charge is 2.17. The first-order valence-corrected chi connectivity index (χ1v) is 8.42. The molecule has 1 N–H and O–H groups in total. The molecular formula is C14H17N3O3S. The second kappa shape index (κ2) is 5.69. The standard InChI is InChI=1S/C14H17N3O3S/c1-3-9-16-10-12(21(2,19)20)13(15)17(14(16)18)11-7-5-4-6-8-11/h4-8,10,15H,3,9H2,1-2H3. The average molecular weight is 307 g/mol. The predicted molar refractivity (Wildman–Crippen MR) is 79.3 cm³/mol. The summed E-state index contributed by atoms with van der Waals surface area (Å²) in [6, 6.07) is 8.60. The van der Waals surface area contributed by atoms with Crippen LogP contribution in [-0.4, -0.2) is 23.8 Å². The number of hydrogen-bond donors (Lipinski definition) is 1. The summed E-state index contributed by atoms with van der Waals surface area (Å²) in [5, 5.41) is 8.08. The number of aryl methyl sites for hydroxylation is 1. The van der Waals surface area contributed by atoms with Crippen LogP contribution in [0.5, 0.6) is 0 Å². The summed E-state index contributed by atoms with van der Waals surface area (Å²) in [6.45, 7) is 2.29. The van der Waals surface area contributed by atoms with Crippen molar-refractivity contribution in [2.45, 2.75) is 24.8 Å². The number of nitrogens with zero attached hydrogens (tertiary/aromatic N) is 2. The number of hydrogen-bond acceptors (Lipinski definition) is 4. The highest BCUT2D eigenvalue weighted by atomic mass is 32.2. The Morgan fingerprint density at radius 2 is 1.81 bits per heavy atom. The monoisotopic (exact) mass is 307 g/mol. The summed E-state index contributed by atoms with van der Waals surface area (Å²) in [5.41, 5.74) is -0.260. The van der Waals surface area contributed by atoms with E-state index in [1.165, 1.54) is 10.8 Å². The summed E-state index contributed by atoms with van der Waals surface area (Å²) in [5.74, 6) is 0. The van der Waals surface area contributed by atoms with Gasteiger partial charge < -0.3 is 0 Å². The Kier molecular flexibility index (Phi) is 4.13. The van der Waals surface area contributed by atoms with Gasteiger partial charge in [0.25, 0.3) is 0 Å². The number of benzene rings is 1. The Balaban J connectivity index is 2.90. The molecule has 7 heteroatoms. The molecule has 1 aromatic heterocycles. The van der Waals surface area contributed by atoms with E-state index in [0.29, 0.717) is 18.7 Å². The van der Waals surface area contributed by atoms with Crippen molar-refractivity contribution in [3.05, 3.63) is 52.5 Å². The Morgan fingerprint density at radius 1 is 1.19 bits per heavy atom. The summed E-state index contributed by atoms with van der Waals surface area (Å²) in [7, 11) is -3.59. The molecule has 0 bridgehead atoms. The zero-order valence-electron chi connectivity index (χ0n) is 11.9. The SMILES string of the molecule is CCCn1cc(S(C)(=O)=O)c(=N)n(-c2ccccc2)c1=O. The first-order chi connectivity index (χ1) is 9.86. The van der Waals surface area contributed by atoms with E-state index in [1.807, 2.05) is 6.92 Å². The van der Waals surface area contributed by atoms with Crippen LogP contribution < -0.4 is 11.2 Å². The number of rotatable bonds is 4.